The summed E-state index contributed by atoms with van der Waals surface area (Å²) in [7, 11) is 0. The number of aromatic nitrogens is 4. The van der Waals surface area contributed by atoms with Crippen molar-refractivity contribution in [1.29, 1.82) is 0 Å². The van der Waals surface area contributed by atoms with Crippen molar-refractivity contribution >= 4 is 17.0 Å². The highest BCUT2D eigenvalue weighted by Crippen LogP contribution is 2.41. The number of nitrogens with two attached hydrogens (primary N) is 1. The van der Waals surface area contributed by atoms with E-state index in [1.807, 2.05) is 0 Å². The van der Waals surface area contributed by atoms with E-state index in [4.69, 9.17) is 15.6 Å². The maximum atomic E-state index is 13.6. The van der Waals surface area contributed by atoms with Crippen LogP contribution in [-0.4, -0.2) is 43.3 Å². The smallest absolute Gasteiger partial charge is 0.280 e. The Labute approximate surface area is 106 Å². The number of nitrogen functional groups attached to an aromatic ring is 1. The molecule has 0 bridgehead atoms. The molecular formula is C10H11F2N5O2. The van der Waals surface area contributed by atoms with Crippen molar-refractivity contribution in [3.05, 3.63) is 12.7 Å². The second-order valence-electron chi connectivity index (χ2n) is 4.31. The Kier molecular flexibility index (Phi) is 2.61. The van der Waals surface area contributed by atoms with Gasteiger partial charge in [0.1, 0.15) is 24.2 Å². The van der Waals surface area contributed by atoms with Crippen LogP contribution in [0.5, 0.6) is 0 Å². The fourth-order valence-electron chi connectivity index (χ4n) is 2.12. The fraction of sp³-hybridized carbons (Fsp3) is 0.500. The number of anilines is 1. The summed E-state index contributed by atoms with van der Waals surface area (Å²) in [4.78, 5) is 11.7. The van der Waals surface area contributed by atoms with Gasteiger partial charge in [-0.3, -0.25) is 4.57 Å². The number of ether oxygens (including phenoxy) is 1. The van der Waals surface area contributed by atoms with E-state index in [1.165, 1.54) is 17.2 Å². The van der Waals surface area contributed by atoms with E-state index in [0.29, 0.717) is 11.2 Å². The summed E-state index contributed by atoms with van der Waals surface area (Å²) in [6.45, 7) is -0.743. The lowest BCUT2D eigenvalue weighted by Crippen LogP contribution is -2.31. The second-order valence-corrected chi connectivity index (χ2v) is 4.31. The van der Waals surface area contributed by atoms with E-state index < -0.39 is 31.3 Å². The molecule has 0 aromatic carbocycles. The molecular weight excluding hydrogens is 260 g/mol. The Hall–Kier alpha value is -1.87. The number of rotatable bonds is 2. The molecule has 0 radical (unpaired) electrons. The lowest BCUT2D eigenvalue weighted by atomic mass is 10.2. The second kappa shape index (κ2) is 4.07. The van der Waals surface area contributed by atoms with Gasteiger partial charge in [0.2, 0.25) is 0 Å². The number of fused-ring (bicyclic) bond motifs is 1. The highest BCUT2D eigenvalue weighted by atomic mass is 19.3. The van der Waals surface area contributed by atoms with Crippen LogP contribution in [0.15, 0.2) is 12.7 Å². The normalized spacial score (nSPS) is 26.1. The third-order valence-electron chi connectivity index (χ3n) is 3.10. The van der Waals surface area contributed by atoms with E-state index in [1.54, 1.807) is 0 Å². The third kappa shape index (κ3) is 1.81. The number of aliphatic hydroxyl groups excluding tert-OH is 1. The summed E-state index contributed by atoms with van der Waals surface area (Å²) >= 11 is 0. The molecule has 7 nitrogen and oxygen atoms in total. The summed E-state index contributed by atoms with van der Waals surface area (Å²) in [5.74, 6) is -2.92. The van der Waals surface area contributed by atoms with E-state index in [2.05, 4.69) is 15.0 Å². The number of halogens is 2. The van der Waals surface area contributed by atoms with Crippen LogP contribution >= 0.6 is 0 Å². The molecule has 1 aliphatic heterocycles. The number of imidazole rings is 1. The molecule has 0 amide bonds. The molecule has 3 N–H and O–H groups in total. The average molecular weight is 271 g/mol. The summed E-state index contributed by atoms with van der Waals surface area (Å²) < 4.78 is 33.6. The van der Waals surface area contributed by atoms with Crippen LogP contribution in [0.3, 0.4) is 0 Å². The van der Waals surface area contributed by atoms with Crippen molar-refractivity contribution < 1.29 is 18.6 Å². The topological polar surface area (TPSA) is 99.1 Å². The van der Waals surface area contributed by atoms with Crippen molar-refractivity contribution in [3.8, 4) is 0 Å². The van der Waals surface area contributed by atoms with Crippen molar-refractivity contribution in [2.75, 3.05) is 12.3 Å². The van der Waals surface area contributed by atoms with E-state index >= 15 is 0 Å². The molecule has 1 fully saturated rings. The molecule has 2 aromatic heterocycles. The number of nitrogens with zero attached hydrogens (tertiary/aromatic N) is 4. The zero-order valence-corrected chi connectivity index (χ0v) is 9.70. The molecule has 0 aliphatic carbocycles. The van der Waals surface area contributed by atoms with Crippen LogP contribution in [0.1, 0.15) is 12.6 Å². The zero-order chi connectivity index (χ0) is 13.6. The van der Waals surface area contributed by atoms with Gasteiger partial charge in [0.15, 0.2) is 11.5 Å². The minimum atomic E-state index is -3.09. The lowest BCUT2D eigenvalue weighted by Gasteiger charge is -2.14. The van der Waals surface area contributed by atoms with Crippen molar-refractivity contribution in [3.63, 3.8) is 0 Å². The predicted molar refractivity (Wildman–Crippen MR) is 60.3 cm³/mol. The molecule has 2 atom stereocenters. The van der Waals surface area contributed by atoms with Gasteiger partial charge in [0.25, 0.3) is 5.92 Å². The first-order valence-corrected chi connectivity index (χ1v) is 5.60. The highest BCUT2D eigenvalue weighted by molar-refractivity contribution is 5.81. The largest absolute Gasteiger partial charge is 0.393 e. The zero-order valence-electron chi connectivity index (χ0n) is 9.70. The number of alkyl halides is 2. The van der Waals surface area contributed by atoms with Crippen LogP contribution < -0.4 is 5.73 Å². The van der Waals surface area contributed by atoms with E-state index in [0.717, 1.165) is 0 Å². The van der Waals surface area contributed by atoms with Crippen molar-refractivity contribution in [1.82, 2.24) is 19.5 Å². The van der Waals surface area contributed by atoms with Crippen LogP contribution in [-0.2, 0) is 4.74 Å². The van der Waals surface area contributed by atoms with Crippen LogP contribution in [0.4, 0.5) is 14.6 Å². The molecule has 0 unspecified atom stereocenters. The molecule has 1 saturated heterocycles. The summed E-state index contributed by atoms with van der Waals surface area (Å²) in [5.41, 5.74) is 6.28. The molecule has 2 aromatic rings. The monoisotopic (exact) mass is 271 g/mol. The minimum Gasteiger partial charge on any atom is -0.393 e. The molecule has 3 heterocycles. The number of hydrogen-bond acceptors (Lipinski definition) is 6. The standard InChI is InChI=1S/C10H11F2N5O2/c11-10(12)1-6(19-5(10)2-18)17-4-16-7-8(13)14-3-15-9(7)17/h3-6,18H,1-2H2,(H2,13,14,15)/t5-,6-/m1/s1. The Morgan fingerprint density at radius 2 is 2.26 bits per heavy atom. The van der Waals surface area contributed by atoms with Gasteiger partial charge in [-0.05, 0) is 0 Å². The first-order valence-electron chi connectivity index (χ1n) is 5.60. The Balaban J connectivity index is 2.00. The maximum Gasteiger partial charge on any atom is 0.280 e. The minimum absolute atomic E-state index is 0.173. The van der Waals surface area contributed by atoms with Gasteiger partial charge in [-0.1, -0.05) is 0 Å². The predicted octanol–water partition coefficient (Wildman–Crippen LogP) is 0.324. The molecule has 1 aliphatic rings. The summed E-state index contributed by atoms with van der Waals surface area (Å²) in [5, 5.41) is 8.90. The quantitative estimate of drug-likeness (QED) is 0.816. The summed E-state index contributed by atoms with van der Waals surface area (Å²) in [6, 6.07) is 0. The van der Waals surface area contributed by atoms with Gasteiger partial charge >= 0.3 is 0 Å². The first kappa shape index (κ1) is 12.2. The molecule has 3 rings (SSSR count). The first-order chi connectivity index (χ1) is 9.03. The molecule has 102 valence electrons. The molecule has 0 saturated carbocycles. The summed E-state index contributed by atoms with van der Waals surface area (Å²) in [6.07, 6.45) is -0.448. The van der Waals surface area contributed by atoms with Gasteiger partial charge < -0.3 is 15.6 Å². The fourth-order valence-corrected chi connectivity index (χ4v) is 2.12. The lowest BCUT2D eigenvalue weighted by molar-refractivity contribution is -0.101. The van der Waals surface area contributed by atoms with Gasteiger partial charge in [0.05, 0.1) is 19.4 Å². The SMILES string of the molecule is Nc1ncnc2c1ncn2[C@H]1CC(F)(F)[C@@H](CO)O1. The Morgan fingerprint density at radius 1 is 1.47 bits per heavy atom. The molecule has 19 heavy (non-hydrogen) atoms. The number of aliphatic hydroxyl groups is 1. The van der Waals surface area contributed by atoms with Gasteiger partial charge in [-0.15, -0.1) is 0 Å². The van der Waals surface area contributed by atoms with Crippen molar-refractivity contribution in [2.45, 2.75) is 24.7 Å². The Morgan fingerprint density at radius 3 is 2.95 bits per heavy atom. The third-order valence-corrected chi connectivity index (χ3v) is 3.10. The maximum absolute atomic E-state index is 13.6. The highest BCUT2D eigenvalue weighted by Gasteiger charge is 2.50. The van der Waals surface area contributed by atoms with Gasteiger partial charge in [-0.25, -0.2) is 23.7 Å². The van der Waals surface area contributed by atoms with Gasteiger partial charge in [-0.2, -0.15) is 0 Å². The van der Waals surface area contributed by atoms with Crippen LogP contribution in [0.25, 0.3) is 11.2 Å². The molecule has 0 spiro atoms. The van der Waals surface area contributed by atoms with E-state index in [9.17, 15) is 8.78 Å². The van der Waals surface area contributed by atoms with Gasteiger partial charge in [0, 0.05) is 0 Å². The Bertz CT molecular complexity index is 617. The van der Waals surface area contributed by atoms with Crippen LogP contribution in [0, 0.1) is 0 Å². The van der Waals surface area contributed by atoms with Crippen LogP contribution in [0.2, 0.25) is 0 Å². The average Bonchev–Trinajstić information content (AvgIpc) is 2.90. The van der Waals surface area contributed by atoms with E-state index in [-0.39, 0.29) is 5.82 Å². The van der Waals surface area contributed by atoms with Crippen molar-refractivity contribution in [2.24, 2.45) is 0 Å². The molecule has 9 heteroatoms. The number of hydrogen-bond donors (Lipinski definition) is 2.